The molecule has 1 amide bonds. The Morgan fingerprint density at radius 3 is 2.54 bits per heavy atom. The van der Waals surface area contributed by atoms with Gasteiger partial charge in [-0.25, -0.2) is 0 Å². The van der Waals surface area contributed by atoms with E-state index in [1.165, 1.54) is 12.1 Å². The van der Waals surface area contributed by atoms with Crippen molar-refractivity contribution in [3.05, 3.63) is 64.7 Å². The first-order valence-electron chi connectivity index (χ1n) is 7.27. The van der Waals surface area contributed by atoms with Crippen LogP contribution in [0.3, 0.4) is 0 Å². The Hall–Kier alpha value is -2.21. The second kappa shape index (κ2) is 8.06. The Morgan fingerprint density at radius 2 is 1.83 bits per heavy atom. The van der Waals surface area contributed by atoms with Crippen molar-refractivity contribution in [1.29, 1.82) is 0 Å². The highest BCUT2D eigenvalue weighted by Gasteiger charge is 2.30. The molecular formula is C17H16ClF3N2O. The number of benzene rings is 2. The number of hydrogen-bond acceptors (Lipinski definition) is 2. The molecule has 3 nitrogen and oxygen atoms in total. The molecule has 0 aromatic heterocycles. The predicted octanol–water partition coefficient (Wildman–Crippen LogP) is 4.13. The van der Waals surface area contributed by atoms with Crippen LogP contribution in [0.25, 0.3) is 0 Å². The van der Waals surface area contributed by atoms with Crippen LogP contribution >= 0.6 is 11.6 Å². The van der Waals surface area contributed by atoms with Crippen LogP contribution in [-0.2, 0) is 17.4 Å². The molecule has 2 aromatic rings. The fourth-order valence-corrected chi connectivity index (χ4v) is 2.30. The summed E-state index contributed by atoms with van der Waals surface area (Å²) in [4.78, 5) is 11.7. The maximum absolute atomic E-state index is 12.6. The van der Waals surface area contributed by atoms with Crippen LogP contribution in [0.2, 0.25) is 5.02 Å². The number of rotatable bonds is 6. The number of nitrogens with one attached hydrogen (secondary N) is 2. The van der Waals surface area contributed by atoms with E-state index in [4.69, 9.17) is 11.6 Å². The Kier molecular flexibility index (Phi) is 6.09. The summed E-state index contributed by atoms with van der Waals surface area (Å²) in [6.45, 7) is 0.320. The monoisotopic (exact) mass is 356 g/mol. The van der Waals surface area contributed by atoms with E-state index in [1.807, 2.05) is 18.2 Å². The molecule has 0 bridgehead atoms. The van der Waals surface area contributed by atoms with E-state index in [0.29, 0.717) is 18.0 Å². The number of anilines is 1. The van der Waals surface area contributed by atoms with Crippen molar-refractivity contribution in [2.75, 3.05) is 18.4 Å². The van der Waals surface area contributed by atoms with E-state index in [0.717, 1.165) is 17.7 Å². The second-order valence-electron chi connectivity index (χ2n) is 5.16. The van der Waals surface area contributed by atoms with Gasteiger partial charge in [0.2, 0.25) is 5.91 Å². The minimum Gasteiger partial charge on any atom is -0.376 e. The van der Waals surface area contributed by atoms with Crippen molar-refractivity contribution in [3.63, 3.8) is 0 Å². The average molecular weight is 357 g/mol. The third-order valence-corrected chi connectivity index (χ3v) is 3.50. The highest BCUT2D eigenvalue weighted by Crippen LogP contribution is 2.30. The van der Waals surface area contributed by atoms with Crippen LogP contribution in [0.15, 0.2) is 48.5 Å². The summed E-state index contributed by atoms with van der Waals surface area (Å²) in [6.07, 6.45) is -3.78. The molecule has 0 fully saturated rings. The van der Waals surface area contributed by atoms with E-state index in [-0.39, 0.29) is 18.1 Å². The van der Waals surface area contributed by atoms with Crippen LogP contribution in [0.1, 0.15) is 11.1 Å². The lowest BCUT2D eigenvalue weighted by molar-refractivity contribution is -0.137. The van der Waals surface area contributed by atoms with Crippen LogP contribution in [-0.4, -0.2) is 19.0 Å². The Morgan fingerprint density at radius 1 is 1.08 bits per heavy atom. The molecule has 7 heteroatoms. The zero-order valence-corrected chi connectivity index (χ0v) is 13.4. The number of hydrogen-bond donors (Lipinski definition) is 2. The van der Waals surface area contributed by atoms with Gasteiger partial charge in [0.1, 0.15) is 0 Å². The van der Waals surface area contributed by atoms with Gasteiger partial charge >= 0.3 is 6.18 Å². The van der Waals surface area contributed by atoms with E-state index in [2.05, 4.69) is 10.6 Å². The van der Waals surface area contributed by atoms with Crippen LogP contribution in [0.4, 0.5) is 18.9 Å². The average Bonchev–Trinajstić information content (AvgIpc) is 2.52. The van der Waals surface area contributed by atoms with Gasteiger partial charge in [0, 0.05) is 17.3 Å². The highest BCUT2D eigenvalue weighted by atomic mass is 35.5. The van der Waals surface area contributed by atoms with Gasteiger partial charge in [-0.05, 0) is 42.3 Å². The van der Waals surface area contributed by atoms with Crippen molar-refractivity contribution in [1.82, 2.24) is 5.32 Å². The molecule has 2 N–H and O–H groups in total. The quantitative estimate of drug-likeness (QED) is 0.817. The summed E-state index contributed by atoms with van der Waals surface area (Å²) >= 11 is 5.87. The Labute approximate surface area is 142 Å². The van der Waals surface area contributed by atoms with E-state index < -0.39 is 11.7 Å². The smallest absolute Gasteiger partial charge is 0.376 e. The molecule has 0 heterocycles. The molecular weight excluding hydrogens is 341 g/mol. The molecule has 0 aliphatic rings. The molecule has 24 heavy (non-hydrogen) atoms. The maximum Gasteiger partial charge on any atom is 0.416 e. The molecule has 0 unspecified atom stereocenters. The third kappa shape index (κ3) is 5.77. The molecule has 0 radical (unpaired) electrons. The van der Waals surface area contributed by atoms with Crippen LogP contribution in [0.5, 0.6) is 0 Å². The number of alkyl halides is 3. The minimum absolute atomic E-state index is 0.100. The lowest BCUT2D eigenvalue weighted by Crippen LogP contribution is -2.31. The number of carbonyl (C=O) groups is 1. The fourth-order valence-electron chi connectivity index (χ4n) is 2.09. The lowest BCUT2D eigenvalue weighted by Gasteiger charge is -2.11. The normalized spacial score (nSPS) is 11.2. The molecule has 2 rings (SSSR count). The summed E-state index contributed by atoms with van der Waals surface area (Å²) in [5.41, 5.74) is 0.484. The van der Waals surface area contributed by atoms with Crippen molar-refractivity contribution in [2.45, 2.75) is 12.6 Å². The van der Waals surface area contributed by atoms with Crippen molar-refractivity contribution >= 4 is 23.2 Å². The van der Waals surface area contributed by atoms with Gasteiger partial charge in [-0.1, -0.05) is 29.8 Å². The number of carbonyl (C=O) groups excluding carboxylic acids is 1. The zero-order chi connectivity index (χ0) is 17.6. The van der Waals surface area contributed by atoms with Gasteiger partial charge in [-0.2, -0.15) is 13.2 Å². The molecule has 0 saturated heterocycles. The summed E-state index contributed by atoms with van der Waals surface area (Å²) in [5, 5.41) is 6.01. The summed E-state index contributed by atoms with van der Waals surface area (Å²) < 4.78 is 37.8. The number of amides is 1. The summed E-state index contributed by atoms with van der Waals surface area (Å²) in [5.74, 6) is -0.297. The van der Waals surface area contributed by atoms with Gasteiger partial charge < -0.3 is 10.6 Å². The van der Waals surface area contributed by atoms with E-state index in [1.54, 1.807) is 6.07 Å². The molecule has 0 saturated carbocycles. The van der Waals surface area contributed by atoms with Crippen molar-refractivity contribution in [2.24, 2.45) is 0 Å². The number of halogens is 4. The van der Waals surface area contributed by atoms with Gasteiger partial charge in [-0.15, -0.1) is 0 Å². The maximum atomic E-state index is 12.6. The molecule has 2 aromatic carbocycles. The third-order valence-electron chi connectivity index (χ3n) is 3.27. The molecule has 128 valence electrons. The van der Waals surface area contributed by atoms with Crippen LogP contribution < -0.4 is 10.6 Å². The Bertz CT molecular complexity index is 704. The van der Waals surface area contributed by atoms with Crippen molar-refractivity contribution in [3.8, 4) is 0 Å². The largest absolute Gasteiger partial charge is 0.416 e. The second-order valence-corrected chi connectivity index (χ2v) is 5.60. The molecule has 0 spiro atoms. The Balaban J connectivity index is 1.77. The molecule has 0 aliphatic carbocycles. The van der Waals surface area contributed by atoms with Gasteiger partial charge in [-0.3, -0.25) is 4.79 Å². The fraction of sp³-hybridized carbons (Fsp3) is 0.235. The van der Waals surface area contributed by atoms with E-state index in [9.17, 15) is 18.0 Å². The summed E-state index contributed by atoms with van der Waals surface area (Å²) in [6, 6.07) is 12.0. The first-order chi connectivity index (χ1) is 11.3. The molecule has 0 aliphatic heterocycles. The van der Waals surface area contributed by atoms with E-state index >= 15 is 0 Å². The van der Waals surface area contributed by atoms with Gasteiger partial charge in [0.05, 0.1) is 12.1 Å². The first kappa shape index (κ1) is 18.1. The first-order valence-corrected chi connectivity index (χ1v) is 7.64. The highest BCUT2D eigenvalue weighted by molar-refractivity contribution is 6.30. The summed E-state index contributed by atoms with van der Waals surface area (Å²) in [7, 11) is 0. The standard InChI is InChI=1S/C17H16ClF3N2O/c18-14-5-1-3-12(9-14)7-8-22-16(24)11-23-15-6-2-4-13(10-15)17(19,20)21/h1-6,9-10,23H,7-8,11H2,(H,22,24). The van der Waals surface area contributed by atoms with Crippen molar-refractivity contribution < 1.29 is 18.0 Å². The van der Waals surface area contributed by atoms with Gasteiger partial charge in [0.25, 0.3) is 0 Å². The SMILES string of the molecule is O=C(CNc1cccc(C(F)(F)F)c1)NCCc1cccc(Cl)c1. The topological polar surface area (TPSA) is 41.1 Å². The lowest BCUT2D eigenvalue weighted by atomic mass is 10.1. The molecule has 0 atom stereocenters. The predicted molar refractivity (Wildman–Crippen MR) is 88.1 cm³/mol. The van der Waals surface area contributed by atoms with Gasteiger partial charge in [0.15, 0.2) is 0 Å². The zero-order valence-electron chi connectivity index (χ0n) is 12.7. The minimum atomic E-state index is -4.41. The van der Waals surface area contributed by atoms with Crippen LogP contribution in [0, 0.1) is 0 Å².